The highest BCUT2D eigenvalue weighted by Gasteiger charge is 2.25. The molecule has 0 aliphatic rings. The fourth-order valence-corrected chi connectivity index (χ4v) is 1.42. The fraction of sp³-hybridized carbons (Fsp3) is 0.364. The number of primary amides is 1. The van der Waals surface area contributed by atoms with Crippen LogP contribution >= 0.6 is 0 Å². The maximum Gasteiger partial charge on any atom is 0.274 e. The van der Waals surface area contributed by atoms with Crippen LogP contribution in [0.4, 0.5) is 0 Å². The monoisotopic (exact) mass is 237 g/mol. The zero-order valence-electron chi connectivity index (χ0n) is 9.73. The van der Waals surface area contributed by atoms with Gasteiger partial charge in [-0.2, -0.15) is 0 Å². The normalized spacial score (nSPS) is 10.9. The Morgan fingerprint density at radius 2 is 2.18 bits per heavy atom. The summed E-state index contributed by atoms with van der Waals surface area (Å²) in [4.78, 5) is 26.3. The molecule has 0 aliphatic carbocycles. The topological polar surface area (TPSA) is 105 Å². The molecule has 0 aromatic carbocycles. The zero-order valence-corrected chi connectivity index (χ0v) is 9.73. The number of aromatic nitrogens is 1. The van der Waals surface area contributed by atoms with Crippen molar-refractivity contribution in [2.24, 2.45) is 5.73 Å². The highest BCUT2D eigenvalue weighted by molar-refractivity contribution is 5.95. The third-order valence-electron chi connectivity index (χ3n) is 2.07. The highest BCUT2D eigenvalue weighted by atomic mass is 16.3. The molecule has 92 valence electrons. The standard InChI is InChI=1S/C11H15N3O3/c1-11(2,6-8(12)16)14-10(17)9-7(15)4-3-5-13-9/h3-5,15H,6H2,1-2H3,(H2,12,16)(H,14,17). The van der Waals surface area contributed by atoms with Gasteiger partial charge >= 0.3 is 0 Å². The van der Waals surface area contributed by atoms with Gasteiger partial charge in [-0.05, 0) is 26.0 Å². The van der Waals surface area contributed by atoms with E-state index >= 15 is 0 Å². The Kier molecular flexibility index (Phi) is 3.67. The summed E-state index contributed by atoms with van der Waals surface area (Å²) in [5.41, 5.74) is 4.20. The zero-order chi connectivity index (χ0) is 13.1. The number of hydrogen-bond acceptors (Lipinski definition) is 4. The summed E-state index contributed by atoms with van der Waals surface area (Å²) < 4.78 is 0. The van der Waals surface area contributed by atoms with Crippen LogP contribution in [0.1, 0.15) is 30.8 Å². The van der Waals surface area contributed by atoms with Gasteiger partial charge in [-0.15, -0.1) is 0 Å². The Morgan fingerprint density at radius 1 is 1.53 bits per heavy atom. The van der Waals surface area contributed by atoms with Crippen LogP contribution in [0.5, 0.6) is 5.75 Å². The molecule has 0 fully saturated rings. The van der Waals surface area contributed by atoms with Gasteiger partial charge in [0.1, 0.15) is 5.75 Å². The van der Waals surface area contributed by atoms with E-state index in [0.717, 1.165) is 0 Å². The van der Waals surface area contributed by atoms with Crippen LogP contribution in [0.3, 0.4) is 0 Å². The van der Waals surface area contributed by atoms with Crippen LogP contribution in [0.25, 0.3) is 0 Å². The van der Waals surface area contributed by atoms with Gasteiger partial charge in [0.15, 0.2) is 5.69 Å². The van der Waals surface area contributed by atoms with Crippen molar-refractivity contribution in [1.82, 2.24) is 10.3 Å². The van der Waals surface area contributed by atoms with Gasteiger partial charge in [0.2, 0.25) is 5.91 Å². The molecule has 6 heteroatoms. The number of carbonyl (C=O) groups is 2. The van der Waals surface area contributed by atoms with Gasteiger partial charge in [-0.1, -0.05) is 0 Å². The quantitative estimate of drug-likeness (QED) is 0.694. The maximum absolute atomic E-state index is 11.8. The minimum Gasteiger partial charge on any atom is -0.505 e. The summed E-state index contributed by atoms with van der Waals surface area (Å²) in [7, 11) is 0. The summed E-state index contributed by atoms with van der Waals surface area (Å²) in [6.07, 6.45) is 1.40. The highest BCUT2D eigenvalue weighted by Crippen LogP contribution is 2.15. The number of aromatic hydroxyl groups is 1. The SMILES string of the molecule is CC(C)(CC(N)=O)NC(=O)c1ncccc1O. The van der Waals surface area contributed by atoms with Crippen LogP contribution in [0.15, 0.2) is 18.3 Å². The Morgan fingerprint density at radius 3 is 2.71 bits per heavy atom. The number of nitrogens with zero attached hydrogens (tertiary/aromatic N) is 1. The van der Waals surface area contributed by atoms with Crippen molar-refractivity contribution in [1.29, 1.82) is 0 Å². The maximum atomic E-state index is 11.8. The number of amides is 2. The van der Waals surface area contributed by atoms with Crippen molar-refractivity contribution >= 4 is 11.8 Å². The van der Waals surface area contributed by atoms with Gasteiger partial charge in [0, 0.05) is 18.2 Å². The second-order valence-electron chi connectivity index (χ2n) is 4.35. The minimum atomic E-state index is -0.785. The molecular weight excluding hydrogens is 222 g/mol. The van der Waals surface area contributed by atoms with E-state index in [0.29, 0.717) is 0 Å². The molecule has 0 saturated heterocycles. The summed E-state index contributed by atoms with van der Waals surface area (Å²) in [5, 5.41) is 12.0. The molecule has 0 radical (unpaired) electrons. The molecule has 1 aromatic rings. The molecule has 17 heavy (non-hydrogen) atoms. The molecule has 1 heterocycles. The van der Waals surface area contributed by atoms with Crippen molar-refractivity contribution in [2.45, 2.75) is 25.8 Å². The third kappa shape index (κ3) is 3.75. The lowest BCUT2D eigenvalue weighted by Gasteiger charge is -2.24. The van der Waals surface area contributed by atoms with E-state index in [-0.39, 0.29) is 17.9 Å². The predicted octanol–water partition coefficient (Wildman–Crippen LogP) is 0.171. The average molecular weight is 237 g/mol. The Balaban J connectivity index is 2.79. The van der Waals surface area contributed by atoms with Crippen molar-refractivity contribution in [3.05, 3.63) is 24.0 Å². The van der Waals surface area contributed by atoms with Crippen LogP contribution in [-0.4, -0.2) is 27.4 Å². The fourth-order valence-electron chi connectivity index (χ4n) is 1.42. The summed E-state index contributed by atoms with van der Waals surface area (Å²) in [5.74, 6) is -1.27. The van der Waals surface area contributed by atoms with Crippen LogP contribution < -0.4 is 11.1 Å². The first-order chi connectivity index (χ1) is 7.82. The molecule has 0 saturated carbocycles. The third-order valence-corrected chi connectivity index (χ3v) is 2.07. The van der Waals surface area contributed by atoms with Gasteiger partial charge < -0.3 is 16.2 Å². The van der Waals surface area contributed by atoms with Gasteiger partial charge in [-0.25, -0.2) is 4.98 Å². The average Bonchev–Trinajstić information content (AvgIpc) is 2.14. The first kappa shape index (κ1) is 13.0. The number of hydrogen-bond donors (Lipinski definition) is 3. The first-order valence-corrected chi connectivity index (χ1v) is 5.06. The molecule has 0 bridgehead atoms. The van der Waals surface area contributed by atoms with E-state index in [1.54, 1.807) is 13.8 Å². The lowest BCUT2D eigenvalue weighted by molar-refractivity contribution is -0.119. The van der Waals surface area contributed by atoms with Crippen LogP contribution in [-0.2, 0) is 4.79 Å². The Labute approximate surface area is 98.8 Å². The molecule has 4 N–H and O–H groups in total. The Hall–Kier alpha value is -2.11. The number of rotatable bonds is 4. The van der Waals surface area contributed by atoms with E-state index in [2.05, 4.69) is 10.3 Å². The number of pyridine rings is 1. The van der Waals surface area contributed by atoms with Crippen molar-refractivity contribution < 1.29 is 14.7 Å². The van der Waals surface area contributed by atoms with E-state index in [4.69, 9.17) is 5.73 Å². The van der Waals surface area contributed by atoms with Crippen LogP contribution in [0.2, 0.25) is 0 Å². The molecular formula is C11H15N3O3. The molecule has 2 amide bonds. The van der Waals surface area contributed by atoms with Gasteiger partial charge in [0.25, 0.3) is 5.91 Å². The lowest BCUT2D eigenvalue weighted by Crippen LogP contribution is -2.46. The predicted molar refractivity (Wildman–Crippen MR) is 61.3 cm³/mol. The van der Waals surface area contributed by atoms with E-state index < -0.39 is 17.4 Å². The van der Waals surface area contributed by atoms with E-state index in [9.17, 15) is 14.7 Å². The van der Waals surface area contributed by atoms with Gasteiger partial charge in [-0.3, -0.25) is 9.59 Å². The number of nitrogens with two attached hydrogens (primary N) is 1. The van der Waals surface area contributed by atoms with E-state index in [1.165, 1.54) is 18.3 Å². The van der Waals surface area contributed by atoms with Crippen LogP contribution in [0, 0.1) is 0 Å². The molecule has 1 rings (SSSR count). The first-order valence-electron chi connectivity index (χ1n) is 5.06. The second-order valence-corrected chi connectivity index (χ2v) is 4.35. The van der Waals surface area contributed by atoms with Crippen molar-refractivity contribution in [3.63, 3.8) is 0 Å². The Bertz CT molecular complexity index is 443. The molecule has 0 aliphatic heterocycles. The molecule has 0 unspecified atom stereocenters. The number of nitrogens with one attached hydrogen (secondary N) is 1. The van der Waals surface area contributed by atoms with Crippen molar-refractivity contribution in [2.75, 3.05) is 0 Å². The van der Waals surface area contributed by atoms with E-state index in [1.807, 2.05) is 0 Å². The summed E-state index contributed by atoms with van der Waals surface area (Å²) >= 11 is 0. The largest absolute Gasteiger partial charge is 0.505 e. The smallest absolute Gasteiger partial charge is 0.274 e. The minimum absolute atomic E-state index is 0.00629. The molecule has 6 nitrogen and oxygen atoms in total. The number of carbonyl (C=O) groups excluding carboxylic acids is 2. The van der Waals surface area contributed by atoms with Gasteiger partial charge in [0.05, 0.1) is 0 Å². The summed E-state index contributed by atoms with van der Waals surface area (Å²) in [6, 6.07) is 2.88. The molecule has 0 atom stereocenters. The van der Waals surface area contributed by atoms with Crippen molar-refractivity contribution in [3.8, 4) is 5.75 Å². The molecule has 1 aromatic heterocycles. The summed E-state index contributed by atoms with van der Waals surface area (Å²) in [6.45, 7) is 3.32. The molecule has 0 spiro atoms. The second kappa shape index (κ2) is 4.82. The lowest BCUT2D eigenvalue weighted by atomic mass is 10.00.